The van der Waals surface area contributed by atoms with E-state index in [4.69, 9.17) is 23.2 Å². The highest BCUT2D eigenvalue weighted by atomic mass is 35.5. The van der Waals surface area contributed by atoms with Crippen LogP contribution in [-0.2, 0) is 0 Å². The van der Waals surface area contributed by atoms with E-state index in [1.165, 1.54) is 15.3 Å². The van der Waals surface area contributed by atoms with Gasteiger partial charge in [0.25, 0.3) is 0 Å². The van der Waals surface area contributed by atoms with Gasteiger partial charge in [0.2, 0.25) is 0 Å². The van der Waals surface area contributed by atoms with Gasteiger partial charge in [0.15, 0.2) is 0 Å². The van der Waals surface area contributed by atoms with Crippen LogP contribution in [-0.4, -0.2) is 0 Å². The van der Waals surface area contributed by atoms with Crippen LogP contribution < -0.4 is 0 Å². The highest BCUT2D eigenvalue weighted by molar-refractivity contribution is 7.12. The van der Waals surface area contributed by atoms with Crippen LogP contribution in [0.2, 0.25) is 5.02 Å². The van der Waals surface area contributed by atoms with Crippen molar-refractivity contribution in [3.8, 4) is 0 Å². The largest absolute Gasteiger partial charge is 0.146 e. The Morgan fingerprint density at radius 1 is 1.12 bits per heavy atom. The van der Waals surface area contributed by atoms with Crippen LogP contribution in [0.4, 0.5) is 0 Å². The zero-order valence-electron chi connectivity index (χ0n) is 9.13. The Balaban J connectivity index is 2.35. The molecule has 3 heteroatoms. The minimum atomic E-state index is -0.0813. The Hall–Kier alpha value is -0.500. The summed E-state index contributed by atoms with van der Waals surface area (Å²) in [7, 11) is 0. The maximum Gasteiger partial charge on any atom is 0.0846 e. The number of hydrogen-bond donors (Lipinski definition) is 0. The van der Waals surface area contributed by atoms with Gasteiger partial charge in [-0.2, -0.15) is 0 Å². The second-order valence-electron chi connectivity index (χ2n) is 3.78. The molecule has 0 aliphatic carbocycles. The fourth-order valence-corrected chi connectivity index (χ4v) is 3.24. The molecule has 1 aromatic heterocycles. The summed E-state index contributed by atoms with van der Waals surface area (Å²) in [6.07, 6.45) is 0. The summed E-state index contributed by atoms with van der Waals surface area (Å²) >= 11 is 14.1. The molecule has 0 aliphatic heterocycles. The smallest absolute Gasteiger partial charge is 0.0846 e. The molecule has 1 aromatic carbocycles. The topological polar surface area (TPSA) is 0 Å². The van der Waals surface area contributed by atoms with Crippen molar-refractivity contribution in [1.29, 1.82) is 0 Å². The van der Waals surface area contributed by atoms with Crippen LogP contribution >= 0.6 is 34.5 Å². The zero-order chi connectivity index (χ0) is 11.7. The van der Waals surface area contributed by atoms with Crippen LogP contribution in [0.15, 0.2) is 30.3 Å². The lowest BCUT2D eigenvalue weighted by atomic mass is 10.1. The third kappa shape index (κ3) is 2.42. The van der Waals surface area contributed by atoms with E-state index in [2.05, 4.69) is 19.9 Å². The van der Waals surface area contributed by atoms with Crippen molar-refractivity contribution in [1.82, 2.24) is 0 Å². The first-order valence-corrected chi connectivity index (χ1v) is 6.67. The fourth-order valence-electron chi connectivity index (χ4n) is 1.71. The van der Waals surface area contributed by atoms with Crippen molar-refractivity contribution >= 4 is 34.5 Å². The summed E-state index contributed by atoms with van der Waals surface area (Å²) in [6, 6.07) is 9.87. The minimum absolute atomic E-state index is 0.0813. The predicted molar refractivity (Wildman–Crippen MR) is 72.9 cm³/mol. The second-order valence-corrected chi connectivity index (χ2v) is 6.12. The van der Waals surface area contributed by atoms with Crippen molar-refractivity contribution in [3.63, 3.8) is 0 Å². The maximum absolute atomic E-state index is 6.47. The number of hydrogen-bond acceptors (Lipinski definition) is 1. The van der Waals surface area contributed by atoms with Gasteiger partial charge in [-0.1, -0.05) is 23.7 Å². The molecule has 0 fully saturated rings. The number of rotatable bonds is 2. The summed E-state index contributed by atoms with van der Waals surface area (Å²) in [6.45, 7) is 4.21. The molecule has 0 bridgehead atoms. The van der Waals surface area contributed by atoms with Gasteiger partial charge in [-0.3, -0.25) is 0 Å². The van der Waals surface area contributed by atoms with Crippen LogP contribution in [0.3, 0.4) is 0 Å². The average Bonchev–Trinajstić information content (AvgIpc) is 2.58. The SMILES string of the molecule is Cc1cc(C(Cl)c2ccc(Cl)cc2)c(C)s1. The molecule has 0 N–H and O–H groups in total. The summed E-state index contributed by atoms with van der Waals surface area (Å²) in [5.74, 6) is 0. The third-order valence-corrected chi connectivity index (χ3v) is 4.24. The lowest BCUT2D eigenvalue weighted by Crippen LogP contribution is -1.92. The first-order valence-electron chi connectivity index (χ1n) is 5.04. The van der Waals surface area contributed by atoms with Crippen molar-refractivity contribution in [3.05, 3.63) is 56.2 Å². The molecule has 1 heterocycles. The van der Waals surface area contributed by atoms with E-state index in [-0.39, 0.29) is 5.38 Å². The van der Waals surface area contributed by atoms with Crippen molar-refractivity contribution in [2.75, 3.05) is 0 Å². The van der Waals surface area contributed by atoms with Gasteiger partial charge in [0, 0.05) is 14.8 Å². The zero-order valence-corrected chi connectivity index (χ0v) is 11.5. The minimum Gasteiger partial charge on any atom is -0.146 e. The Bertz CT molecular complexity index is 485. The average molecular weight is 271 g/mol. The third-order valence-electron chi connectivity index (χ3n) is 2.52. The van der Waals surface area contributed by atoms with Crippen molar-refractivity contribution in [2.24, 2.45) is 0 Å². The molecule has 0 amide bonds. The quantitative estimate of drug-likeness (QED) is 0.646. The van der Waals surface area contributed by atoms with Gasteiger partial charge >= 0.3 is 0 Å². The van der Waals surface area contributed by atoms with Gasteiger partial charge in [0.1, 0.15) is 0 Å². The first kappa shape index (κ1) is 12.0. The Morgan fingerprint density at radius 2 is 1.75 bits per heavy atom. The highest BCUT2D eigenvalue weighted by Gasteiger charge is 2.15. The number of alkyl halides is 1. The molecule has 16 heavy (non-hydrogen) atoms. The normalized spacial score (nSPS) is 12.8. The summed E-state index contributed by atoms with van der Waals surface area (Å²) < 4.78 is 0. The van der Waals surface area contributed by atoms with Gasteiger partial charge in [-0.05, 0) is 43.2 Å². The van der Waals surface area contributed by atoms with Gasteiger partial charge < -0.3 is 0 Å². The summed E-state index contributed by atoms with van der Waals surface area (Å²) in [5.41, 5.74) is 2.29. The Labute approximate surface area is 110 Å². The molecule has 0 saturated heterocycles. The number of thiophene rings is 1. The lowest BCUT2D eigenvalue weighted by Gasteiger charge is -2.09. The summed E-state index contributed by atoms with van der Waals surface area (Å²) in [5, 5.41) is 0.660. The molecule has 2 rings (SSSR count). The van der Waals surface area contributed by atoms with Crippen molar-refractivity contribution < 1.29 is 0 Å². The van der Waals surface area contributed by atoms with Crippen LogP contribution in [0.25, 0.3) is 0 Å². The molecule has 2 aromatic rings. The number of aryl methyl sites for hydroxylation is 2. The van der Waals surface area contributed by atoms with Crippen LogP contribution in [0.1, 0.15) is 26.3 Å². The molecular weight excluding hydrogens is 259 g/mol. The molecule has 0 saturated carbocycles. The van der Waals surface area contributed by atoms with Gasteiger partial charge in [-0.25, -0.2) is 0 Å². The Kier molecular flexibility index (Phi) is 3.58. The molecular formula is C13H12Cl2S. The summed E-state index contributed by atoms with van der Waals surface area (Å²) in [4.78, 5) is 2.58. The van der Waals surface area contributed by atoms with E-state index in [0.29, 0.717) is 0 Å². The number of halogens is 2. The fraction of sp³-hybridized carbons (Fsp3) is 0.231. The number of benzene rings is 1. The van der Waals surface area contributed by atoms with Crippen LogP contribution in [0.5, 0.6) is 0 Å². The second kappa shape index (κ2) is 4.79. The van der Waals surface area contributed by atoms with Gasteiger partial charge in [-0.15, -0.1) is 22.9 Å². The molecule has 1 atom stereocenters. The standard InChI is InChI=1S/C13H12Cl2S/c1-8-7-12(9(2)16-8)13(15)10-3-5-11(14)6-4-10/h3-7,13H,1-2H3. The van der Waals surface area contributed by atoms with E-state index in [1.807, 2.05) is 24.3 Å². The monoisotopic (exact) mass is 270 g/mol. The van der Waals surface area contributed by atoms with E-state index in [9.17, 15) is 0 Å². The van der Waals surface area contributed by atoms with Crippen molar-refractivity contribution in [2.45, 2.75) is 19.2 Å². The molecule has 84 valence electrons. The molecule has 0 nitrogen and oxygen atoms in total. The molecule has 0 radical (unpaired) electrons. The molecule has 0 spiro atoms. The first-order chi connectivity index (χ1) is 7.58. The van der Waals surface area contributed by atoms with E-state index < -0.39 is 0 Å². The van der Waals surface area contributed by atoms with E-state index >= 15 is 0 Å². The van der Waals surface area contributed by atoms with E-state index in [1.54, 1.807) is 11.3 Å². The maximum atomic E-state index is 6.47. The molecule has 0 aliphatic rings. The molecule has 1 unspecified atom stereocenters. The van der Waals surface area contributed by atoms with Gasteiger partial charge in [0.05, 0.1) is 5.38 Å². The Morgan fingerprint density at radius 3 is 2.25 bits per heavy atom. The predicted octanol–water partition coefficient (Wildman–Crippen LogP) is 5.35. The highest BCUT2D eigenvalue weighted by Crippen LogP contribution is 2.35. The van der Waals surface area contributed by atoms with Crippen LogP contribution in [0, 0.1) is 13.8 Å². The lowest BCUT2D eigenvalue weighted by molar-refractivity contribution is 1.13. The van der Waals surface area contributed by atoms with E-state index in [0.717, 1.165) is 10.6 Å².